The van der Waals surface area contributed by atoms with Crippen molar-refractivity contribution < 1.29 is 13.9 Å². The van der Waals surface area contributed by atoms with E-state index in [9.17, 15) is 9.18 Å². The zero-order valence-corrected chi connectivity index (χ0v) is 17.3. The molecule has 1 aromatic carbocycles. The fraction of sp³-hybridized carbons (Fsp3) is 0.682. The van der Waals surface area contributed by atoms with E-state index in [-0.39, 0.29) is 23.1 Å². The smallest absolute Gasteiger partial charge is 0.256 e. The van der Waals surface area contributed by atoms with Crippen molar-refractivity contribution >= 4 is 5.91 Å². The highest BCUT2D eigenvalue weighted by atomic mass is 19.1. The lowest BCUT2D eigenvalue weighted by atomic mass is 9.81. The second kappa shape index (κ2) is 7.39. The van der Waals surface area contributed by atoms with Crippen molar-refractivity contribution in [2.45, 2.75) is 38.8 Å². The highest BCUT2D eigenvalue weighted by Crippen LogP contribution is 2.37. The maximum absolute atomic E-state index is 14.2. The molecular weight excluding hydrogens is 357 g/mol. The van der Waals surface area contributed by atoms with E-state index in [4.69, 9.17) is 4.74 Å². The van der Waals surface area contributed by atoms with Crippen LogP contribution in [0.1, 0.15) is 37.6 Å². The molecule has 3 aliphatic heterocycles. The summed E-state index contributed by atoms with van der Waals surface area (Å²) in [4.78, 5) is 20.0. The van der Waals surface area contributed by atoms with Crippen LogP contribution in [0.25, 0.3) is 0 Å². The highest BCUT2D eigenvalue weighted by Gasteiger charge is 2.54. The molecule has 3 fully saturated rings. The number of likely N-dealkylation sites (tertiary alicyclic amines) is 1. The molecule has 0 radical (unpaired) electrons. The normalized spacial score (nSPS) is 25.4. The van der Waals surface area contributed by atoms with Gasteiger partial charge in [0.1, 0.15) is 5.82 Å². The number of hydrogen-bond acceptors (Lipinski definition) is 4. The Morgan fingerprint density at radius 2 is 2.00 bits per heavy atom. The largest absolute Gasteiger partial charge is 0.378 e. The first-order chi connectivity index (χ1) is 13.3. The number of carbonyl (C=O) groups is 1. The summed E-state index contributed by atoms with van der Waals surface area (Å²) in [6, 6.07) is 6.50. The first-order valence-electron chi connectivity index (χ1n) is 10.4. The van der Waals surface area contributed by atoms with E-state index in [1.807, 2.05) is 4.90 Å². The van der Waals surface area contributed by atoms with Crippen molar-refractivity contribution in [2.75, 3.05) is 52.5 Å². The van der Waals surface area contributed by atoms with Gasteiger partial charge in [-0.05, 0) is 30.5 Å². The van der Waals surface area contributed by atoms with E-state index in [1.54, 1.807) is 18.2 Å². The van der Waals surface area contributed by atoms with Gasteiger partial charge in [-0.25, -0.2) is 4.39 Å². The molecule has 154 valence electrons. The summed E-state index contributed by atoms with van der Waals surface area (Å²) in [6.45, 7) is 13.4. The average molecular weight is 390 g/mol. The monoisotopic (exact) mass is 389 g/mol. The summed E-state index contributed by atoms with van der Waals surface area (Å²) < 4.78 is 19.9. The van der Waals surface area contributed by atoms with E-state index in [0.29, 0.717) is 25.1 Å². The first-order valence-corrected chi connectivity index (χ1v) is 10.4. The summed E-state index contributed by atoms with van der Waals surface area (Å²) >= 11 is 0. The summed E-state index contributed by atoms with van der Waals surface area (Å²) in [5, 5.41) is 0. The lowest BCUT2D eigenvalue weighted by Gasteiger charge is -2.63. The molecule has 5 nitrogen and oxygen atoms in total. The fourth-order valence-corrected chi connectivity index (χ4v) is 4.87. The number of piperazine rings is 1. The number of rotatable bonds is 3. The third-order valence-electron chi connectivity index (χ3n) is 6.36. The molecule has 6 heteroatoms. The number of amides is 1. The third kappa shape index (κ3) is 3.82. The van der Waals surface area contributed by atoms with E-state index < -0.39 is 5.82 Å². The Balaban J connectivity index is 1.50. The van der Waals surface area contributed by atoms with Crippen LogP contribution in [0, 0.1) is 11.2 Å². The lowest BCUT2D eigenvalue weighted by molar-refractivity contribution is -0.159. The van der Waals surface area contributed by atoms with E-state index in [0.717, 1.165) is 39.2 Å². The molecule has 1 amide bonds. The van der Waals surface area contributed by atoms with Crippen molar-refractivity contribution in [2.24, 2.45) is 5.41 Å². The highest BCUT2D eigenvalue weighted by molar-refractivity contribution is 5.94. The van der Waals surface area contributed by atoms with Gasteiger partial charge in [-0.3, -0.25) is 14.6 Å². The van der Waals surface area contributed by atoms with Gasteiger partial charge in [0, 0.05) is 32.7 Å². The molecular formula is C22H32FN3O2. The van der Waals surface area contributed by atoms with Crippen molar-refractivity contribution in [3.05, 3.63) is 35.6 Å². The summed E-state index contributed by atoms with van der Waals surface area (Å²) in [5.74, 6) is -0.639. The number of ether oxygens (including phenoxy) is 1. The number of benzene rings is 1. The molecule has 1 spiro atoms. The van der Waals surface area contributed by atoms with Crippen molar-refractivity contribution in [3.8, 4) is 0 Å². The third-order valence-corrected chi connectivity index (χ3v) is 6.36. The number of carbonyl (C=O) groups excluding carboxylic acids is 1. The zero-order valence-electron chi connectivity index (χ0n) is 17.3. The lowest BCUT2D eigenvalue weighted by Crippen LogP contribution is -2.81. The van der Waals surface area contributed by atoms with Gasteiger partial charge >= 0.3 is 0 Å². The minimum atomic E-state index is -0.440. The quantitative estimate of drug-likeness (QED) is 0.796. The van der Waals surface area contributed by atoms with Gasteiger partial charge in [-0.1, -0.05) is 32.9 Å². The van der Waals surface area contributed by atoms with Crippen LogP contribution in [-0.2, 0) is 4.74 Å². The molecule has 0 N–H and O–H groups in total. The molecule has 1 atom stereocenters. The predicted molar refractivity (Wildman–Crippen MR) is 107 cm³/mol. The predicted octanol–water partition coefficient (Wildman–Crippen LogP) is 2.47. The topological polar surface area (TPSA) is 36.0 Å². The van der Waals surface area contributed by atoms with Crippen LogP contribution in [-0.4, -0.2) is 84.7 Å². The number of morpholine rings is 1. The second-order valence-electron chi connectivity index (χ2n) is 9.83. The Morgan fingerprint density at radius 3 is 2.71 bits per heavy atom. The Kier molecular flexibility index (Phi) is 5.23. The van der Waals surface area contributed by atoms with Crippen LogP contribution in [0.4, 0.5) is 4.39 Å². The van der Waals surface area contributed by atoms with Gasteiger partial charge < -0.3 is 9.64 Å². The fourth-order valence-electron chi connectivity index (χ4n) is 4.87. The van der Waals surface area contributed by atoms with Gasteiger partial charge in [-0.15, -0.1) is 0 Å². The second-order valence-corrected chi connectivity index (χ2v) is 9.83. The molecule has 0 aromatic heterocycles. The van der Waals surface area contributed by atoms with Gasteiger partial charge in [0.15, 0.2) is 0 Å². The molecule has 1 aromatic rings. The van der Waals surface area contributed by atoms with Gasteiger partial charge in [-0.2, -0.15) is 0 Å². The van der Waals surface area contributed by atoms with Crippen molar-refractivity contribution in [1.29, 1.82) is 0 Å². The summed E-state index contributed by atoms with van der Waals surface area (Å²) in [6.07, 6.45) is 1.16. The Morgan fingerprint density at radius 1 is 1.25 bits per heavy atom. The van der Waals surface area contributed by atoms with Crippen LogP contribution in [0.2, 0.25) is 0 Å². The summed E-state index contributed by atoms with van der Waals surface area (Å²) in [5.41, 5.74) is 0.474. The molecule has 4 rings (SSSR count). The van der Waals surface area contributed by atoms with E-state index in [2.05, 4.69) is 30.6 Å². The zero-order chi connectivity index (χ0) is 19.9. The molecule has 3 saturated heterocycles. The van der Waals surface area contributed by atoms with Crippen LogP contribution in [0.5, 0.6) is 0 Å². The van der Waals surface area contributed by atoms with Crippen LogP contribution in [0.15, 0.2) is 24.3 Å². The maximum Gasteiger partial charge on any atom is 0.256 e. The minimum absolute atomic E-state index is 0.0223. The van der Waals surface area contributed by atoms with E-state index in [1.165, 1.54) is 6.07 Å². The molecule has 3 aliphatic rings. The number of halogens is 1. The van der Waals surface area contributed by atoms with E-state index >= 15 is 0 Å². The molecule has 0 unspecified atom stereocenters. The number of fused-ring (bicyclic) bond motifs is 2. The standard InChI is InChI=1S/C22H32FN3O2/c1-21(2,3)8-9-24-14-22(15-24)16-25(12-17-13-28-11-10-26(17)22)20(27)18-6-4-5-7-19(18)23/h4-7,17H,8-16H2,1-3H3/t17-/m1/s1. The van der Waals surface area contributed by atoms with Crippen LogP contribution < -0.4 is 0 Å². The van der Waals surface area contributed by atoms with Crippen LogP contribution >= 0.6 is 0 Å². The van der Waals surface area contributed by atoms with Gasteiger partial charge in [0.2, 0.25) is 0 Å². The van der Waals surface area contributed by atoms with Crippen molar-refractivity contribution in [3.63, 3.8) is 0 Å². The molecule has 28 heavy (non-hydrogen) atoms. The Bertz CT molecular complexity index is 727. The van der Waals surface area contributed by atoms with Gasteiger partial charge in [0.25, 0.3) is 5.91 Å². The molecule has 0 saturated carbocycles. The molecule has 0 aliphatic carbocycles. The molecule has 0 bridgehead atoms. The minimum Gasteiger partial charge on any atom is -0.378 e. The number of hydrogen-bond donors (Lipinski definition) is 0. The molecule has 3 heterocycles. The maximum atomic E-state index is 14.2. The number of nitrogens with zero attached hydrogens (tertiary/aromatic N) is 3. The summed E-state index contributed by atoms with van der Waals surface area (Å²) in [7, 11) is 0. The Labute approximate surface area is 167 Å². The van der Waals surface area contributed by atoms with Crippen LogP contribution in [0.3, 0.4) is 0 Å². The van der Waals surface area contributed by atoms with Gasteiger partial charge in [0.05, 0.1) is 30.4 Å². The van der Waals surface area contributed by atoms with Crippen molar-refractivity contribution in [1.82, 2.24) is 14.7 Å². The SMILES string of the molecule is CC(C)(C)CCN1CC2(C1)CN(C(=O)c1ccccc1F)C[C@@H]1COCCN12. The Hall–Kier alpha value is -1.50. The average Bonchev–Trinajstić information content (AvgIpc) is 2.63. The first kappa shape index (κ1) is 19.8.